The van der Waals surface area contributed by atoms with Gasteiger partial charge in [-0.05, 0) is 13.3 Å². The molecule has 0 aliphatic rings. The van der Waals surface area contributed by atoms with E-state index in [0.29, 0.717) is 5.57 Å². The summed E-state index contributed by atoms with van der Waals surface area (Å²) in [6.45, 7) is 3.50. The highest BCUT2D eigenvalue weighted by Gasteiger charge is 1.94. The van der Waals surface area contributed by atoms with Crippen molar-refractivity contribution in [1.82, 2.24) is 0 Å². The van der Waals surface area contributed by atoms with Crippen molar-refractivity contribution in [2.75, 3.05) is 0 Å². The molecule has 0 bridgehead atoms. The second-order valence-electron chi connectivity index (χ2n) is 2.05. The molecule has 0 amide bonds. The lowest BCUT2D eigenvalue weighted by molar-refractivity contribution is -0.132. The average molecular weight is 212 g/mol. The zero-order chi connectivity index (χ0) is 11.1. The molecule has 0 aliphatic heterocycles. The first-order valence-corrected chi connectivity index (χ1v) is 4.68. The molecule has 7 heteroatoms. The van der Waals surface area contributed by atoms with E-state index in [1.165, 1.54) is 0 Å². The molecule has 0 aromatic carbocycles. The Morgan fingerprint density at radius 3 is 1.77 bits per heavy atom. The SMILES string of the molecule is CCC=C(C)C(=O)O.O=S(=O)(O)O. The third-order valence-electron chi connectivity index (χ3n) is 0.848. The summed E-state index contributed by atoms with van der Waals surface area (Å²) in [7, 11) is -4.67. The largest absolute Gasteiger partial charge is 0.478 e. The number of carboxylic acid groups (broad SMARTS) is 1. The van der Waals surface area contributed by atoms with E-state index in [9.17, 15) is 4.79 Å². The van der Waals surface area contributed by atoms with Crippen LogP contribution in [0.2, 0.25) is 0 Å². The van der Waals surface area contributed by atoms with Crippen molar-refractivity contribution < 1.29 is 27.4 Å². The molecule has 0 saturated heterocycles. The summed E-state index contributed by atoms with van der Waals surface area (Å²) >= 11 is 0. The van der Waals surface area contributed by atoms with Gasteiger partial charge in [0.2, 0.25) is 0 Å². The maximum absolute atomic E-state index is 10.0. The van der Waals surface area contributed by atoms with Crippen molar-refractivity contribution in [2.45, 2.75) is 20.3 Å². The predicted molar refractivity (Wildman–Crippen MR) is 45.9 cm³/mol. The molecular weight excluding hydrogens is 200 g/mol. The highest BCUT2D eigenvalue weighted by molar-refractivity contribution is 7.79. The van der Waals surface area contributed by atoms with Crippen LogP contribution in [0.4, 0.5) is 0 Å². The van der Waals surface area contributed by atoms with Crippen molar-refractivity contribution in [3.63, 3.8) is 0 Å². The minimum absolute atomic E-state index is 0.424. The van der Waals surface area contributed by atoms with Crippen molar-refractivity contribution in [2.24, 2.45) is 0 Å². The Hall–Kier alpha value is -0.920. The van der Waals surface area contributed by atoms with E-state index in [1.807, 2.05) is 6.92 Å². The fourth-order valence-corrected chi connectivity index (χ4v) is 0.393. The Kier molecular flexibility index (Phi) is 7.39. The fourth-order valence-electron chi connectivity index (χ4n) is 0.393. The fraction of sp³-hybridized carbons (Fsp3) is 0.500. The quantitative estimate of drug-likeness (QED) is 0.460. The molecule has 78 valence electrons. The number of carbonyl (C=O) groups is 1. The van der Waals surface area contributed by atoms with Gasteiger partial charge in [-0.1, -0.05) is 13.0 Å². The van der Waals surface area contributed by atoms with Crippen LogP contribution in [-0.2, 0) is 15.2 Å². The summed E-state index contributed by atoms with van der Waals surface area (Å²) in [5, 5.41) is 8.24. The van der Waals surface area contributed by atoms with Crippen LogP contribution in [0.25, 0.3) is 0 Å². The van der Waals surface area contributed by atoms with E-state index >= 15 is 0 Å². The number of rotatable bonds is 2. The van der Waals surface area contributed by atoms with Gasteiger partial charge in [0.05, 0.1) is 0 Å². The van der Waals surface area contributed by atoms with Gasteiger partial charge in [-0.25, -0.2) is 4.79 Å². The highest BCUT2D eigenvalue weighted by atomic mass is 32.3. The highest BCUT2D eigenvalue weighted by Crippen LogP contribution is 1.92. The molecule has 0 radical (unpaired) electrons. The molecule has 0 unspecified atom stereocenters. The Morgan fingerprint density at radius 1 is 1.38 bits per heavy atom. The molecular formula is C6H12O6S. The van der Waals surface area contributed by atoms with Crippen molar-refractivity contribution in [3.8, 4) is 0 Å². The van der Waals surface area contributed by atoms with Crippen molar-refractivity contribution >= 4 is 16.4 Å². The molecule has 0 rings (SSSR count). The van der Waals surface area contributed by atoms with Gasteiger partial charge in [0.15, 0.2) is 0 Å². The van der Waals surface area contributed by atoms with Crippen LogP contribution in [0.3, 0.4) is 0 Å². The molecule has 6 nitrogen and oxygen atoms in total. The molecule has 0 spiro atoms. The number of allylic oxidation sites excluding steroid dienone is 1. The average Bonchev–Trinajstić information content (AvgIpc) is 1.84. The van der Waals surface area contributed by atoms with Gasteiger partial charge in [-0.3, -0.25) is 9.11 Å². The first kappa shape index (κ1) is 14.6. The van der Waals surface area contributed by atoms with Crippen LogP contribution < -0.4 is 0 Å². The molecule has 13 heavy (non-hydrogen) atoms. The van der Waals surface area contributed by atoms with Gasteiger partial charge in [0.1, 0.15) is 0 Å². The summed E-state index contributed by atoms with van der Waals surface area (Å²) in [4.78, 5) is 10.0. The maximum Gasteiger partial charge on any atom is 0.394 e. The first-order valence-electron chi connectivity index (χ1n) is 3.28. The van der Waals surface area contributed by atoms with Gasteiger partial charge in [-0.15, -0.1) is 0 Å². The Labute approximate surface area is 76.5 Å². The lowest BCUT2D eigenvalue weighted by Gasteiger charge is -1.87. The van der Waals surface area contributed by atoms with E-state index < -0.39 is 16.4 Å². The monoisotopic (exact) mass is 212 g/mol. The van der Waals surface area contributed by atoms with Crippen LogP contribution >= 0.6 is 0 Å². The third-order valence-corrected chi connectivity index (χ3v) is 0.848. The van der Waals surface area contributed by atoms with Crippen LogP contribution in [0.15, 0.2) is 11.6 Å². The summed E-state index contributed by atoms with van der Waals surface area (Å²) < 4.78 is 31.6. The topological polar surface area (TPSA) is 112 Å². The van der Waals surface area contributed by atoms with Crippen LogP contribution in [0.5, 0.6) is 0 Å². The molecule has 0 fully saturated rings. The zero-order valence-electron chi connectivity index (χ0n) is 7.26. The predicted octanol–water partition coefficient (Wildman–Crippen LogP) is 0.774. The van der Waals surface area contributed by atoms with Crippen molar-refractivity contribution in [3.05, 3.63) is 11.6 Å². The van der Waals surface area contributed by atoms with Crippen molar-refractivity contribution in [1.29, 1.82) is 0 Å². The summed E-state index contributed by atoms with van der Waals surface area (Å²) in [6, 6.07) is 0. The zero-order valence-corrected chi connectivity index (χ0v) is 8.08. The van der Waals surface area contributed by atoms with Crippen LogP contribution in [-0.4, -0.2) is 28.6 Å². The Balaban J connectivity index is 0. The summed E-state index contributed by atoms with van der Waals surface area (Å²) in [6.07, 6.45) is 2.47. The molecule has 0 aromatic heterocycles. The smallest absolute Gasteiger partial charge is 0.394 e. The molecule has 3 N–H and O–H groups in total. The Bertz CT molecular complexity index is 267. The minimum atomic E-state index is -4.67. The van der Waals surface area contributed by atoms with Gasteiger partial charge < -0.3 is 5.11 Å². The summed E-state index contributed by atoms with van der Waals surface area (Å²) in [5.41, 5.74) is 0.424. The van der Waals surface area contributed by atoms with E-state index in [1.54, 1.807) is 13.0 Å². The third kappa shape index (κ3) is 24.7. The minimum Gasteiger partial charge on any atom is -0.478 e. The molecule has 0 atom stereocenters. The first-order chi connectivity index (χ1) is 5.68. The standard InChI is InChI=1S/C6H10O2.H2O4S/c1-3-4-5(2)6(7)8;1-5(2,3)4/h4H,3H2,1-2H3,(H,7,8);(H2,1,2,3,4). The number of carboxylic acids is 1. The second-order valence-corrected chi connectivity index (χ2v) is 2.94. The number of hydrogen-bond donors (Lipinski definition) is 3. The lowest BCUT2D eigenvalue weighted by Crippen LogP contribution is -1.94. The van der Waals surface area contributed by atoms with Crippen LogP contribution in [0, 0.1) is 0 Å². The second kappa shape index (κ2) is 6.58. The normalized spacial score (nSPS) is 11.5. The molecule has 0 aliphatic carbocycles. The van der Waals surface area contributed by atoms with E-state index in [0.717, 1.165) is 6.42 Å². The lowest BCUT2D eigenvalue weighted by atomic mass is 10.2. The Morgan fingerprint density at radius 2 is 1.69 bits per heavy atom. The van der Waals surface area contributed by atoms with Gasteiger partial charge >= 0.3 is 16.4 Å². The molecule has 0 aromatic rings. The van der Waals surface area contributed by atoms with Gasteiger partial charge in [-0.2, -0.15) is 8.42 Å². The maximum atomic E-state index is 10.0. The molecule has 0 heterocycles. The summed E-state index contributed by atoms with van der Waals surface area (Å²) in [5.74, 6) is -0.827. The number of aliphatic carboxylic acids is 1. The van der Waals surface area contributed by atoms with E-state index in [-0.39, 0.29) is 0 Å². The van der Waals surface area contributed by atoms with Gasteiger partial charge in [0, 0.05) is 5.57 Å². The van der Waals surface area contributed by atoms with Crippen LogP contribution in [0.1, 0.15) is 20.3 Å². The molecule has 0 saturated carbocycles. The van der Waals surface area contributed by atoms with Gasteiger partial charge in [0.25, 0.3) is 0 Å². The van der Waals surface area contributed by atoms with E-state index in [2.05, 4.69) is 0 Å². The number of hydrogen-bond acceptors (Lipinski definition) is 3. The van der Waals surface area contributed by atoms with E-state index in [4.69, 9.17) is 22.6 Å².